The Morgan fingerprint density at radius 3 is 2.23 bits per heavy atom. The highest BCUT2D eigenvalue weighted by atomic mass is 32.2. The Kier molecular flexibility index (Phi) is 7.99. The van der Waals surface area contributed by atoms with E-state index >= 15 is 0 Å². The van der Waals surface area contributed by atoms with Gasteiger partial charge in [0.1, 0.15) is 17.1 Å². The van der Waals surface area contributed by atoms with Crippen LogP contribution in [0.5, 0.6) is 5.75 Å². The van der Waals surface area contributed by atoms with E-state index in [9.17, 15) is 4.79 Å². The van der Waals surface area contributed by atoms with Crippen molar-refractivity contribution in [2.45, 2.75) is 45.9 Å². The lowest BCUT2D eigenvalue weighted by atomic mass is 9.94. The number of ether oxygens (including phenoxy) is 2. The third kappa shape index (κ3) is 6.02. The summed E-state index contributed by atoms with van der Waals surface area (Å²) in [6.45, 7) is 10.7. The van der Waals surface area contributed by atoms with E-state index in [1.54, 1.807) is 11.8 Å². The van der Waals surface area contributed by atoms with Crippen molar-refractivity contribution in [1.29, 1.82) is 0 Å². The van der Waals surface area contributed by atoms with Gasteiger partial charge in [0.15, 0.2) is 6.79 Å². The molecule has 1 aromatic heterocycles. The van der Waals surface area contributed by atoms with E-state index in [1.165, 1.54) is 10.5 Å². The predicted octanol–water partition coefficient (Wildman–Crippen LogP) is 6.25. The Morgan fingerprint density at radius 2 is 1.58 bits per heavy atom. The van der Waals surface area contributed by atoms with Crippen molar-refractivity contribution in [3.05, 3.63) is 80.9 Å². The second kappa shape index (κ2) is 10.7. The van der Waals surface area contributed by atoms with Gasteiger partial charge in [0.2, 0.25) is 0 Å². The van der Waals surface area contributed by atoms with E-state index in [0.29, 0.717) is 30.1 Å². The summed E-state index contributed by atoms with van der Waals surface area (Å²) in [5.41, 5.74) is 5.39. The van der Waals surface area contributed by atoms with Crippen molar-refractivity contribution in [1.82, 2.24) is 0 Å². The zero-order valence-corrected chi connectivity index (χ0v) is 19.7. The number of hydrogen-bond donors (Lipinski definition) is 0. The Hall–Kier alpha value is -2.50. The second-order valence-electron chi connectivity index (χ2n) is 7.68. The Balaban J connectivity index is 1.89. The highest BCUT2D eigenvalue weighted by Gasteiger charge is 2.19. The first kappa shape index (κ1) is 23.2. The van der Waals surface area contributed by atoms with Gasteiger partial charge in [0.25, 0.3) is 0 Å². The third-order valence-corrected chi connectivity index (χ3v) is 6.05. The van der Waals surface area contributed by atoms with Gasteiger partial charge >= 0.3 is 5.63 Å². The highest BCUT2D eigenvalue weighted by Crippen LogP contribution is 2.34. The van der Waals surface area contributed by atoms with Gasteiger partial charge in [-0.15, -0.1) is 11.8 Å². The number of thioether (sulfide) groups is 1. The maximum Gasteiger partial charge on any atom is 0.347 e. The second-order valence-corrected chi connectivity index (χ2v) is 8.85. The van der Waals surface area contributed by atoms with E-state index < -0.39 is 0 Å². The minimum atomic E-state index is -0.376. The molecule has 1 heterocycles. The van der Waals surface area contributed by atoms with Gasteiger partial charge in [-0.1, -0.05) is 35.4 Å². The predicted molar refractivity (Wildman–Crippen MR) is 127 cm³/mol. The van der Waals surface area contributed by atoms with Gasteiger partial charge in [-0.3, -0.25) is 0 Å². The summed E-state index contributed by atoms with van der Waals surface area (Å²) in [7, 11) is 0. The molecule has 0 amide bonds. The first-order chi connectivity index (χ1) is 14.9. The topological polar surface area (TPSA) is 48.7 Å². The zero-order chi connectivity index (χ0) is 22.4. The highest BCUT2D eigenvalue weighted by molar-refractivity contribution is 7.99. The van der Waals surface area contributed by atoms with Crippen LogP contribution in [0.25, 0.3) is 11.1 Å². The van der Waals surface area contributed by atoms with Gasteiger partial charge in [-0.25, -0.2) is 4.79 Å². The summed E-state index contributed by atoms with van der Waals surface area (Å²) >= 11 is 1.74. The molecule has 0 radical (unpaired) electrons. The average molecular weight is 439 g/mol. The molecule has 2 aromatic carbocycles. The summed E-state index contributed by atoms with van der Waals surface area (Å²) in [6.07, 6.45) is 0.630. The molecule has 3 rings (SSSR count). The molecule has 0 bridgehead atoms. The standard InChI is InChI=1S/C26H30O4S/c1-6-28-16-29-23-15-21(11-12-31-22-9-7-17(2)8-10-22)30-26(27)25(23)24-19(4)13-18(3)14-20(24)5/h7-10,13-15H,6,11-12,16H2,1-5H3. The molecule has 0 atom stereocenters. The smallest absolute Gasteiger partial charge is 0.347 e. The van der Waals surface area contributed by atoms with Crippen molar-refractivity contribution in [3.8, 4) is 16.9 Å². The van der Waals surface area contributed by atoms with Crippen LogP contribution in [0.1, 0.15) is 34.9 Å². The molecular weight excluding hydrogens is 408 g/mol. The summed E-state index contributed by atoms with van der Waals surface area (Å²) in [5.74, 6) is 1.93. The molecule has 3 aromatic rings. The molecule has 4 nitrogen and oxygen atoms in total. The van der Waals surface area contributed by atoms with Crippen molar-refractivity contribution in [2.24, 2.45) is 0 Å². The maximum atomic E-state index is 13.1. The van der Waals surface area contributed by atoms with Crippen LogP contribution >= 0.6 is 11.8 Å². The summed E-state index contributed by atoms with van der Waals surface area (Å²) in [5, 5.41) is 0. The molecule has 0 aliphatic carbocycles. The molecule has 0 saturated carbocycles. The van der Waals surface area contributed by atoms with Crippen LogP contribution in [0.4, 0.5) is 0 Å². The number of benzene rings is 2. The van der Waals surface area contributed by atoms with Crippen LogP contribution in [0.15, 0.2) is 56.6 Å². The lowest BCUT2D eigenvalue weighted by Crippen LogP contribution is -2.12. The molecule has 0 aliphatic heterocycles. The number of aryl methyl sites for hydroxylation is 5. The van der Waals surface area contributed by atoms with E-state index in [-0.39, 0.29) is 12.4 Å². The minimum Gasteiger partial charge on any atom is -0.466 e. The third-order valence-electron chi connectivity index (χ3n) is 5.03. The van der Waals surface area contributed by atoms with Crippen LogP contribution in [0, 0.1) is 27.7 Å². The SMILES string of the molecule is CCOCOc1cc(CCSc2ccc(C)cc2)oc(=O)c1-c1c(C)cc(C)cc1C. The first-order valence-electron chi connectivity index (χ1n) is 10.5. The molecule has 164 valence electrons. The zero-order valence-electron chi connectivity index (χ0n) is 18.9. The maximum absolute atomic E-state index is 13.1. The van der Waals surface area contributed by atoms with Crippen LogP contribution in [0.2, 0.25) is 0 Å². The summed E-state index contributed by atoms with van der Waals surface area (Å²) in [4.78, 5) is 14.3. The van der Waals surface area contributed by atoms with E-state index in [1.807, 2.05) is 33.8 Å². The Morgan fingerprint density at radius 1 is 0.903 bits per heavy atom. The van der Waals surface area contributed by atoms with Crippen molar-refractivity contribution in [2.75, 3.05) is 19.2 Å². The number of rotatable bonds is 9. The molecule has 0 spiro atoms. The van der Waals surface area contributed by atoms with E-state index in [2.05, 4.69) is 43.3 Å². The quantitative estimate of drug-likeness (QED) is 0.225. The van der Waals surface area contributed by atoms with Crippen LogP contribution < -0.4 is 10.4 Å². The fraction of sp³-hybridized carbons (Fsp3) is 0.346. The van der Waals surface area contributed by atoms with Gasteiger partial charge < -0.3 is 13.9 Å². The van der Waals surface area contributed by atoms with Crippen LogP contribution in [0.3, 0.4) is 0 Å². The molecule has 0 unspecified atom stereocenters. The molecule has 0 N–H and O–H groups in total. The van der Waals surface area contributed by atoms with E-state index in [0.717, 1.165) is 28.0 Å². The Labute approximate surface area is 188 Å². The van der Waals surface area contributed by atoms with Gasteiger partial charge in [0, 0.05) is 29.7 Å². The molecule has 31 heavy (non-hydrogen) atoms. The van der Waals surface area contributed by atoms with Crippen molar-refractivity contribution < 1.29 is 13.9 Å². The van der Waals surface area contributed by atoms with E-state index in [4.69, 9.17) is 13.9 Å². The molecule has 5 heteroatoms. The fourth-order valence-corrected chi connectivity index (χ4v) is 4.52. The van der Waals surface area contributed by atoms with Crippen LogP contribution in [-0.2, 0) is 11.2 Å². The van der Waals surface area contributed by atoms with Crippen molar-refractivity contribution >= 4 is 11.8 Å². The molecule has 0 saturated heterocycles. The van der Waals surface area contributed by atoms with Gasteiger partial charge in [-0.05, 0) is 63.4 Å². The summed E-state index contributed by atoms with van der Waals surface area (Å²) < 4.78 is 17.0. The fourth-order valence-electron chi connectivity index (χ4n) is 3.65. The molecule has 0 fully saturated rings. The lowest BCUT2D eigenvalue weighted by Gasteiger charge is -2.16. The number of hydrogen-bond acceptors (Lipinski definition) is 5. The first-order valence-corrected chi connectivity index (χ1v) is 11.5. The lowest BCUT2D eigenvalue weighted by molar-refractivity contribution is 0.0223. The molecular formula is C26H30O4S. The normalized spacial score (nSPS) is 11.0. The Bertz CT molecular complexity index is 1060. The summed E-state index contributed by atoms with van der Waals surface area (Å²) in [6, 6.07) is 14.4. The minimum absolute atomic E-state index is 0.0917. The average Bonchev–Trinajstić information content (AvgIpc) is 2.71. The van der Waals surface area contributed by atoms with Crippen LogP contribution in [-0.4, -0.2) is 19.2 Å². The monoisotopic (exact) mass is 438 g/mol. The molecule has 0 aliphatic rings. The van der Waals surface area contributed by atoms with Crippen molar-refractivity contribution in [3.63, 3.8) is 0 Å². The largest absolute Gasteiger partial charge is 0.466 e. The van der Waals surface area contributed by atoms with Gasteiger partial charge in [0.05, 0.1) is 0 Å². The van der Waals surface area contributed by atoms with Gasteiger partial charge in [-0.2, -0.15) is 0 Å².